The third kappa shape index (κ3) is 0.955. The van der Waals surface area contributed by atoms with Crippen molar-refractivity contribution in [1.82, 2.24) is 4.98 Å². The van der Waals surface area contributed by atoms with Gasteiger partial charge in [-0.1, -0.05) is 6.07 Å². The first-order valence-corrected chi connectivity index (χ1v) is 5.36. The van der Waals surface area contributed by atoms with E-state index >= 15 is 0 Å². The van der Waals surface area contributed by atoms with Gasteiger partial charge in [-0.05, 0) is 55.9 Å². The van der Waals surface area contributed by atoms with Crippen molar-refractivity contribution in [3.8, 4) is 0 Å². The van der Waals surface area contributed by atoms with E-state index in [4.69, 9.17) is 0 Å². The molecular weight excluding hydrogens is 170 g/mol. The summed E-state index contributed by atoms with van der Waals surface area (Å²) < 4.78 is 0. The number of H-pyrrole nitrogens is 1. The first-order valence-electron chi connectivity index (χ1n) is 5.36. The molecule has 0 saturated heterocycles. The topological polar surface area (TPSA) is 15.8 Å². The van der Waals surface area contributed by atoms with Gasteiger partial charge in [0.1, 0.15) is 0 Å². The van der Waals surface area contributed by atoms with Crippen LogP contribution in [-0.2, 0) is 12.8 Å². The highest BCUT2D eigenvalue weighted by atomic mass is 14.7. The lowest BCUT2D eigenvalue weighted by Gasteiger charge is -2.01. The van der Waals surface area contributed by atoms with Crippen molar-refractivity contribution in [2.24, 2.45) is 0 Å². The third-order valence-electron chi connectivity index (χ3n) is 3.29. The van der Waals surface area contributed by atoms with Gasteiger partial charge in [0.15, 0.2) is 0 Å². The molecular formula is C13H15N. The normalized spacial score (nSPS) is 15.0. The number of aromatic nitrogens is 1. The van der Waals surface area contributed by atoms with E-state index in [-0.39, 0.29) is 0 Å². The van der Waals surface area contributed by atoms with Gasteiger partial charge in [0.2, 0.25) is 0 Å². The van der Waals surface area contributed by atoms with Crippen molar-refractivity contribution in [3.05, 3.63) is 34.5 Å². The van der Waals surface area contributed by atoms with E-state index in [1.807, 2.05) is 0 Å². The molecule has 1 nitrogen and oxygen atoms in total. The van der Waals surface area contributed by atoms with Crippen molar-refractivity contribution in [3.63, 3.8) is 0 Å². The number of benzene rings is 1. The molecule has 1 N–H and O–H groups in total. The predicted octanol–water partition coefficient (Wildman–Crippen LogP) is 3.27. The minimum atomic E-state index is 1.24. The molecule has 1 aromatic carbocycles. The Kier molecular flexibility index (Phi) is 1.52. The van der Waals surface area contributed by atoms with Crippen LogP contribution in [0.4, 0.5) is 0 Å². The maximum atomic E-state index is 3.56. The van der Waals surface area contributed by atoms with Crippen LogP contribution < -0.4 is 0 Å². The average Bonchev–Trinajstić information content (AvgIpc) is 2.60. The Bertz CT molecular complexity index is 505. The number of hydrogen-bond acceptors (Lipinski definition) is 0. The second kappa shape index (κ2) is 2.63. The highest BCUT2D eigenvalue weighted by Gasteiger charge is 2.17. The standard InChI is InChI=1S/C13H15N/c1-8-6-9(2)13-10-4-3-5-11(10)14-12(13)7-8/h6-7,14H,3-5H2,1-2H3. The summed E-state index contributed by atoms with van der Waals surface area (Å²) in [6.45, 7) is 4.39. The van der Waals surface area contributed by atoms with Crippen LogP contribution >= 0.6 is 0 Å². The maximum absolute atomic E-state index is 3.56. The zero-order valence-electron chi connectivity index (χ0n) is 8.78. The van der Waals surface area contributed by atoms with Gasteiger partial charge in [-0.25, -0.2) is 0 Å². The molecule has 3 rings (SSSR count). The van der Waals surface area contributed by atoms with Crippen LogP contribution in [0.2, 0.25) is 0 Å². The molecule has 2 aromatic rings. The molecule has 72 valence electrons. The largest absolute Gasteiger partial charge is 0.358 e. The van der Waals surface area contributed by atoms with Crippen molar-refractivity contribution >= 4 is 10.9 Å². The number of hydrogen-bond donors (Lipinski definition) is 1. The Balaban J connectivity index is 2.43. The summed E-state index contributed by atoms with van der Waals surface area (Å²) in [6, 6.07) is 4.55. The molecule has 0 fully saturated rings. The molecule has 0 amide bonds. The molecule has 0 aliphatic heterocycles. The summed E-state index contributed by atoms with van der Waals surface area (Å²) in [6.07, 6.45) is 3.83. The summed E-state index contributed by atoms with van der Waals surface area (Å²) in [5, 5.41) is 1.49. The summed E-state index contributed by atoms with van der Waals surface area (Å²) in [5.41, 5.74) is 7.19. The lowest BCUT2D eigenvalue weighted by molar-refractivity contribution is 0.898. The van der Waals surface area contributed by atoms with E-state index in [0.717, 1.165) is 0 Å². The number of aryl methyl sites for hydroxylation is 4. The van der Waals surface area contributed by atoms with Crippen molar-refractivity contribution in [2.45, 2.75) is 33.1 Å². The zero-order valence-corrected chi connectivity index (χ0v) is 8.78. The molecule has 1 aliphatic rings. The first kappa shape index (κ1) is 8.10. The van der Waals surface area contributed by atoms with Crippen LogP contribution in [0.5, 0.6) is 0 Å². The van der Waals surface area contributed by atoms with Crippen molar-refractivity contribution in [1.29, 1.82) is 0 Å². The third-order valence-corrected chi connectivity index (χ3v) is 3.29. The molecule has 1 heteroatoms. The monoisotopic (exact) mass is 185 g/mol. The van der Waals surface area contributed by atoms with E-state index in [2.05, 4.69) is 31.0 Å². The Morgan fingerprint density at radius 1 is 1.14 bits per heavy atom. The molecule has 0 radical (unpaired) electrons. The molecule has 1 aliphatic carbocycles. The second-order valence-electron chi connectivity index (χ2n) is 4.44. The Hall–Kier alpha value is -1.24. The zero-order chi connectivity index (χ0) is 9.71. The van der Waals surface area contributed by atoms with E-state index in [0.29, 0.717) is 0 Å². The van der Waals surface area contributed by atoms with Gasteiger partial charge in [0.05, 0.1) is 0 Å². The maximum Gasteiger partial charge on any atom is 0.0464 e. The fourth-order valence-electron chi connectivity index (χ4n) is 2.79. The SMILES string of the molecule is Cc1cc(C)c2c3c([nH]c2c1)CCC3. The van der Waals surface area contributed by atoms with Crippen LogP contribution in [0.25, 0.3) is 10.9 Å². The van der Waals surface area contributed by atoms with Gasteiger partial charge in [-0.2, -0.15) is 0 Å². The average molecular weight is 185 g/mol. The van der Waals surface area contributed by atoms with Gasteiger partial charge in [0, 0.05) is 16.6 Å². The van der Waals surface area contributed by atoms with E-state index in [1.165, 1.54) is 47.0 Å². The molecule has 0 saturated carbocycles. The van der Waals surface area contributed by atoms with Crippen LogP contribution in [0.3, 0.4) is 0 Å². The van der Waals surface area contributed by atoms with Crippen LogP contribution in [0, 0.1) is 13.8 Å². The molecule has 0 atom stereocenters. The summed E-state index contributed by atoms with van der Waals surface area (Å²) in [4.78, 5) is 3.56. The number of aromatic amines is 1. The quantitative estimate of drug-likeness (QED) is 0.648. The van der Waals surface area contributed by atoms with Gasteiger partial charge in [-0.3, -0.25) is 0 Å². The van der Waals surface area contributed by atoms with Gasteiger partial charge < -0.3 is 4.98 Å². The summed E-state index contributed by atoms with van der Waals surface area (Å²) >= 11 is 0. The summed E-state index contributed by atoms with van der Waals surface area (Å²) in [7, 11) is 0. The lowest BCUT2D eigenvalue weighted by atomic mass is 10.0. The minimum Gasteiger partial charge on any atom is -0.358 e. The fraction of sp³-hybridized carbons (Fsp3) is 0.385. The van der Waals surface area contributed by atoms with Gasteiger partial charge >= 0.3 is 0 Å². The molecule has 0 bridgehead atoms. The van der Waals surface area contributed by atoms with Gasteiger partial charge in [-0.15, -0.1) is 0 Å². The fourth-order valence-corrected chi connectivity index (χ4v) is 2.79. The minimum absolute atomic E-state index is 1.24. The summed E-state index contributed by atoms with van der Waals surface area (Å²) in [5.74, 6) is 0. The van der Waals surface area contributed by atoms with E-state index < -0.39 is 0 Å². The van der Waals surface area contributed by atoms with Crippen molar-refractivity contribution < 1.29 is 0 Å². The molecule has 0 spiro atoms. The Labute approximate surface area is 84.1 Å². The lowest BCUT2D eigenvalue weighted by Crippen LogP contribution is -1.82. The molecule has 0 unspecified atom stereocenters. The van der Waals surface area contributed by atoms with E-state index in [9.17, 15) is 0 Å². The highest BCUT2D eigenvalue weighted by molar-refractivity contribution is 5.88. The molecule has 1 heterocycles. The molecule has 1 aromatic heterocycles. The number of fused-ring (bicyclic) bond motifs is 3. The van der Waals surface area contributed by atoms with Crippen LogP contribution in [0.1, 0.15) is 28.8 Å². The Morgan fingerprint density at radius 2 is 2.00 bits per heavy atom. The number of nitrogens with one attached hydrogen (secondary N) is 1. The smallest absolute Gasteiger partial charge is 0.0464 e. The van der Waals surface area contributed by atoms with E-state index in [1.54, 1.807) is 5.56 Å². The van der Waals surface area contributed by atoms with Gasteiger partial charge in [0.25, 0.3) is 0 Å². The molecule has 14 heavy (non-hydrogen) atoms. The first-order chi connectivity index (χ1) is 6.75. The number of rotatable bonds is 0. The Morgan fingerprint density at radius 3 is 2.86 bits per heavy atom. The van der Waals surface area contributed by atoms with Crippen LogP contribution in [-0.4, -0.2) is 4.98 Å². The van der Waals surface area contributed by atoms with Crippen molar-refractivity contribution in [2.75, 3.05) is 0 Å². The van der Waals surface area contributed by atoms with Crippen LogP contribution in [0.15, 0.2) is 12.1 Å². The highest BCUT2D eigenvalue weighted by Crippen LogP contribution is 2.32. The second-order valence-corrected chi connectivity index (χ2v) is 4.44. The predicted molar refractivity (Wildman–Crippen MR) is 59.8 cm³/mol.